The number of aromatic nitrogens is 2. The van der Waals surface area contributed by atoms with Crippen LogP contribution >= 0.6 is 0 Å². The zero-order valence-electron chi connectivity index (χ0n) is 10.4. The highest BCUT2D eigenvalue weighted by molar-refractivity contribution is 5.89. The van der Waals surface area contributed by atoms with Gasteiger partial charge in [0.1, 0.15) is 5.82 Å². The lowest BCUT2D eigenvalue weighted by atomic mass is 10.2. The van der Waals surface area contributed by atoms with Crippen LogP contribution in [0.5, 0.6) is 0 Å². The Morgan fingerprint density at radius 1 is 1.44 bits per heavy atom. The molecule has 0 fully saturated rings. The van der Waals surface area contributed by atoms with Crippen molar-refractivity contribution in [3.05, 3.63) is 48.0 Å². The molecule has 2 aromatic rings. The number of aryl methyl sites for hydroxylation is 1. The molecule has 0 saturated heterocycles. The molecule has 0 aliphatic heterocycles. The Hall–Kier alpha value is -2.30. The number of rotatable bonds is 3. The Bertz CT molecular complexity index is 522. The Morgan fingerprint density at radius 3 is 2.94 bits per heavy atom. The van der Waals surface area contributed by atoms with Gasteiger partial charge in [-0.1, -0.05) is 12.1 Å². The molecule has 2 rings (SSSR count). The van der Waals surface area contributed by atoms with Gasteiger partial charge < -0.3 is 15.6 Å². The average molecular weight is 244 g/mol. The monoisotopic (exact) mass is 244 g/mol. The molecule has 2 amide bonds. The predicted molar refractivity (Wildman–Crippen MR) is 70.3 cm³/mol. The van der Waals surface area contributed by atoms with Crippen LogP contribution in [-0.2, 0) is 0 Å². The first-order chi connectivity index (χ1) is 8.65. The minimum absolute atomic E-state index is 0.162. The van der Waals surface area contributed by atoms with Crippen molar-refractivity contribution in [1.29, 1.82) is 0 Å². The van der Waals surface area contributed by atoms with Crippen LogP contribution in [0.15, 0.2) is 36.7 Å². The number of carbonyl (C=O) groups is 1. The maximum Gasteiger partial charge on any atom is 0.319 e. The fraction of sp³-hybridized carbons (Fsp3) is 0.231. The van der Waals surface area contributed by atoms with E-state index in [0.717, 1.165) is 17.1 Å². The van der Waals surface area contributed by atoms with Gasteiger partial charge in [0.05, 0.1) is 6.04 Å². The molecule has 5 heteroatoms. The molecule has 3 N–H and O–H groups in total. The minimum atomic E-state index is -0.246. The molecule has 0 spiro atoms. The number of anilines is 1. The molecule has 0 aliphatic carbocycles. The van der Waals surface area contributed by atoms with E-state index in [0.29, 0.717) is 0 Å². The summed E-state index contributed by atoms with van der Waals surface area (Å²) in [5, 5.41) is 5.59. The van der Waals surface area contributed by atoms with Crippen molar-refractivity contribution in [2.24, 2.45) is 0 Å². The smallest absolute Gasteiger partial charge is 0.319 e. The Morgan fingerprint density at radius 2 is 2.28 bits per heavy atom. The number of imidazole rings is 1. The maximum absolute atomic E-state index is 11.8. The summed E-state index contributed by atoms with van der Waals surface area (Å²) in [6.07, 6.45) is 3.39. The average Bonchev–Trinajstić information content (AvgIpc) is 2.81. The number of nitrogens with zero attached hydrogens (tertiary/aromatic N) is 1. The maximum atomic E-state index is 11.8. The standard InChI is InChI=1S/C13H16N4O/c1-9-4-3-5-11(8-9)17-13(18)16-10(2)12-14-6-7-15-12/h3-8,10H,1-2H3,(H,14,15)(H2,16,17,18). The summed E-state index contributed by atoms with van der Waals surface area (Å²) >= 11 is 0. The highest BCUT2D eigenvalue weighted by atomic mass is 16.2. The third kappa shape index (κ3) is 3.10. The molecule has 0 aliphatic rings. The van der Waals surface area contributed by atoms with Crippen LogP contribution in [0.1, 0.15) is 24.4 Å². The Labute approximate surface area is 106 Å². The van der Waals surface area contributed by atoms with E-state index in [1.165, 1.54) is 0 Å². The van der Waals surface area contributed by atoms with Gasteiger partial charge in [-0.25, -0.2) is 9.78 Å². The number of urea groups is 1. The van der Waals surface area contributed by atoms with Crippen LogP contribution in [0.3, 0.4) is 0 Å². The number of benzene rings is 1. The normalized spacial score (nSPS) is 11.9. The topological polar surface area (TPSA) is 69.8 Å². The fourth-order valence-corrected chi connectivity index (χ4v) is 1.67. The molecular formula is C13H16N4O. The first-order valence-corrected chi connectivity index (χ1v) is 5.78. The van der Waals surface area contributed by atoms with Crippen LogP contribution in [0.2, 0.25) is 0 Å². The molecule has 1 aromatic carbocycles. The zero-order chi connectivity index (χ0) is 13.0. The summed E-state index contributed by atoms with van der Waals surface area (Å²) < 4.78 is 0. The molecule has 0 saturated carbocycles. The zero-order valence-corrected chi connectivity index (χ0v) is 10.4. The summed E-state index contributed by atoms with van der Waals surface area (Å²) in [4.78, 5) is 18.8. The molecule has 0 radical (unpaired) electrons. The second-order valence-electron chi connectivity index (χ2n) is 4.16. The molecule has 94 valence electrons. The molecule has 18 heavy (non-hydrogen) atoms. The van der Waals surface area contributed by atoms with Crippen LogP contribution < -0.4 is 10.6 Å². The number of hydrogen-bond donors (Lipinski definition) is 3. The van der Waals surface area contributed by atoms with E-state index in [-0.39, 0.29) is 12.1 Å². The number of amides is 2. The van der Waals surface area contributed by atoms with Crippen molar-refractivity contribution in [1.82, 2.24) is 15.3 Å². The van der Waals surface area contributed by atoms with Crippen molar-refractivity contribution in [3.8, 4) is 0 Å². The Kier molecular flexibility index (Phi) is 3.62. The van der Waals surface area contributed by atoms with Gasteiger partial charge in [-0.05, 0) is 31.5 Å². The van der Waals surface area contributed by atoms with E-state index < -0.39 is 0 Å². The summed E-state index contributed by atoms with van der Waals surface area (Å²) in [5.41, 5.74) is 1.88. The van der Waals surface area contributed by atoms with E-state index >= 15 is 0 Å². The lowest BCUT2D eigenvalue weighted by Crippen LogP contribution is -2.31. The molecule has 1 heterocycles. The van der Waals surface area contributed by atoms with E-state index in [4.69, 9.17) is 0 Å². The lowest BCUT2D eigenvalue weighted by Gasteiger charge is -2.12. The highest BCUT2D eigenvalue weighted by Crippen LogP contribution is 2.10. The first-order valence-electron chi connectivity index (χ1n) is 5.78. The first kappa shape index (κ1) is 12.2. The van der Waals surface area contributed by atoms with Crippen LogP contribution in [0.25, 0.3) is 0 Å². The van der Waals surface area contributed by atoms with Gasteiger partial charge in [0.15, 0.2) is 0 Å². The van der Waals surface area contributed by atoms with Gasteiger partial charge in [-0.15, -0.1) is 0 Å². The highest BCUT2D eigenvalue weighted by Gasteiger charge is 2.10. The molecule has 1 atom stereocenters. The largest absolute Gasteiger partial charge is 0.347 e. The third-order valence-corrected chi connectivity index (χ3v) is 2.55. The van der Waals surface area contributed by atoms with Crippen LogP contribution in [0.4, 0.5) is 10.5 Å². The summed E-state index contributed by atoms with van der Waals surface area (Å²) in [6.45, 7) is 3.85. The molecule has 5 nitrogen and oxygen atoms in total. The minimum Gasteiger partial charge on any atom is -0.347 e. The summed E-state index contributed by atoms with van der Waals surface area (Å²) in [7, 11) is 0. The van der Waals surface area contributed by atoms with E-state index in [1.807, 2.05) is 38.1 Å². The molecule has 0 bridgehead atoms. The SMILES string of the molecule is Cc1cccc(NC(=O)NC(C)c2ncc[nH]2)c1. The van der Waals surface area contributed by atoms with Gasteiger partial charge in [0.25, 0.3) is 0 Å². The number of aromatic amines is 1. The van der Waals surface area contributed by atoms with Gasteiger partial charge in [0.2, 0.25) is 0 Å². The van der Waals surface area contributed by atoms with Crippen LogP contribution in [0, 0.1) is 6.92 Å². The Balaban J connectivity index is 1.93. The molecule has 1 unspecified atom stereocenters. The number of hydrogen-bond acceptors (Lipinski definition) is 2. The second kappa shape index (κ2) is 5.35. The molecular weight excluding hydrogens is 228 g/mol. The number of carbonyl (C=O) groups excluding carboxylic acids is 1. The molecule has 1 aromatic heterocycles. The number of H-pyrrole nitrogens is 1. The second-order valence-corrected chi connectivity index (χ2v) is 4.16. The third-order valence-electron chi connectivity index (χ3n) is 2.55. The van der Waals surface area contributed by atoms with Crippen molar-refractivity contribution in [2.45, 2.75) is 19.9 Å². The predicted octanol–water partition coefficient (Wildman–Crippen LogP) is 2.60. The van der Waals surface area contributed by atoms with Gasteiger partial charge in [-0.3, -0.25) is 0 Å². The van der Waals surface area contributed by atoms with Crippen molar-refractivity contribution < 1.29 is 4.79 Å². The van der Waals surface area contributed by atoms with Gasteiger partial charge in [0, 0.05) is 18.1 Å². The quantitative estimate of drug-likeness (QED) is 0.776. The van der Waals surface area contributed by atoms with Gasteiger partial charge >= 0.3 is 6.03 Å². The van der Waals surface area contributed by atoms with E-state index in [1.54, 1.807) is 12.4 Å². The number of nitrogens with one attached hydrogen (secondary N) is 3. The van der Waals surface area contributed by atoms with Crippen molar-refractivity contribution in [2.75, 3.05) is 5.32 Å². The van der Waals surface area contributed by atoms with E-state index in [2.05, 4.69) is 20.6 Å². The van der Waals surface area contributed by atoms with Crippen molar-refractivity contribution >= 4 is 11.7 Å². The fourth-order valence-electron chi connectivity index (χ4n) is 1.67. The summed E-state index contributed by atoms with van der Waals surface area (Å²) in [6, 6.07) is 7.24. The van der Waals surface area contributed by atoms with E-state index in [9.17, 15) is 4.79 Å². The van der Waals surface area contributed by atoms with Gasteiger partial charge in [-0.2, -0.15) is 0 Å². The lowest BCUT2D eigenvalue weighted by molar-refractivity contribution is 0.249. The van der Waals surface area contributed by atoms with Crippen LogP contribution in [-0.4, -0.2) is 16.0 Å². The summed E-state index contributed by atoms with van der Waals surface area (Å²) in [5.74, 6) is 0.731. The van der Waals surface area contributed by atoms with Crippen molar-refractivity contribution in [3.63, 3.8) is 0 Å².